The van der Waals surface area contributed by atoms with Crippen molar-refractivity contribution < 1.29 is 33.0 Å². The molecule has 3 rings (SSSR count). The number of hydrogen-bond donors (Lipinski definition) is 1. The van der Waals surface area contributed by atoms with E-state index in [1.165, 1.54) is 4.90 Å². The van der Waals surface area contributed by atoms with Crippen molar-refractivity contribution in [2.75, 3.05) is 60.0 Å². The van der Waals surface area contributed by atoms with Crippen LogP contribution in [0.25, 0.3) is 0 Å². The van der Waals surface area contributed by atoms with Gasteiger partial charge in [0.05, 0.1) is 34.1 Å². The van der Waals surface area contributed by atoms with E-state index < -0.39 is 0 Å². The molecular formula is C29H37N3O7. The average Bonchev–Trinajstić information content (AvgIpc) is 3.47. The average molecular weight is 540 g/mol. The normalized spacial score (nSPS) is 10.6. The molecule has 0 unspecified atom stereocenters. The third-order valence-corrected chi connectivity index (χ3v) is 6.11. The molecule has 0 spiro atoms. The van der Waals surface area contributed by atoms with Crippen molar-refractivity contribution in [3.63, 3.8) is 0 Å². The summed E-state index contributed by atoms with van der Waals surface area (Å²) in [6, 6.07) is 16.0. The second-order valence-electron chi connectivity index (χ2n) is 8.76. The molecule has 0 aliphatic heterocycles. The van der Waals surface area contributed by atoms with Crippen LogP contribution in [0.3, 0.4) is 0 Å². The standard InChI is InChI=1S/C29H37N3O7/c1-35-16-7-14-32(29(34)30-23-8-5-9-24(19-23)36-2)21-28(33)31(20-25-10-6-17-39-25)15-13-22-11-12-26(37-3)27(18-22)38-4/h5-6,8-12,17-19H,7,13-16,20-21H2,1-4H3,(H,30,34). The van der Waals surface area contributed by atoms with Crippen LogP contribution in [-0.2, 0) is 22.5 Å². The first-order valence-corrected chi connectivity index (χ1v) is 12.7. The Balaban J connectivity index is 1.74. The molecule has 0 saturated carbocycles. The summed E-state index contributed by atoms with van der Waals surface area (Å²) < 4.78 is 26.7. The maximum Gasteiger partial charge on any atom is 0.322 e. The Hall–Kier alpha value is -4.18. The number of urea groups is 1. The lowest BCUT2D eigenvalue weighted by atomic mass is 10.1. The SMILES string of the molecule is COCCCN(CC(=O)N(CCc1ccc(OC)c(OC)c1)Cc1ccco1)C(=O)Nc1cccc(OC)c1. The topological polar surface area (TPSA) is 103 Å². The van der Waals surface area contributed by atoms with Crippen molar-refractivity contribution in [2.24, 2.45) is 0 Å². The number of nitrogens with zero attached hydrogens (tertiary/aromatic N) is 2. The van der Waals surface area contributed by atoms with Gasteiger partial charge in [0.15, 0.2) is 11.5 Å². The van der Waals surface area contributed by atoms with Crippen LogP contribution < -0.4 is 19.5 Å². The molecule has 1 N–H and O–H groups in total. The Labute approximate surface area is 229 Å². The summed E-state index contributed by atoms with van der Waals surface area (Å²) in [5.41, 5.74) is 1.56. The van der Waals surface area contributed by atoms with E-state index in [9.17, 15) is 9.59 Å². The van der Waals surface area contributed by atoms with Gasteiger partial charge in [-0.05, 0) is 54.8 Å². The molecule has 10 heteroatoms. The minimum atomic E-state index is -0.384. The maximum atomic E-state index is 13.6. The van der Waals surface area contributed by atoms with Crippen molar-refractivity contribution in [2.45, 2.75) is 19.4 Å². The molecule has 0 bridgehead atoms. The van der Waals surface area contributed by atoms with Gasteiger partial charge in [-0.1, -0.05) is 12.1 Å². The zero-order chi connectivity index (χ0) is 28.0. The lowest BCUT2D eigenvalue weighted by Gasteiger charge is -2.27. The lowest BCUT2D eigenvalue weighted by molar-refractivity contribution is -0.132. The van der Waals surface area contributed by atoms with Gasteiger partial charge in [0.25, 0.3) is 0 Å². The van der Waals surface area contributed by atoms with Gasteiger partial charge in [-0.25, -0.2) is 4.79 Å². The zero-order valence-corrected chi connectivity index (χ0v) is 23.0. The van der Waals surface area contributed by atoms with Crippen LogP contribution in [-0.4, -0.2) is 76.4 Å². The second-order valence-corrected chi connectivity index (χ2v) is 8.76. The molecule has 1 aromatic heterocycles. The zero-order valence-electron chi connectivity index (χ0n) is 23.0. The molecule has 39 heavy (non-hydrogen) atoms. The van der Waals surface area contributed by atoms with Crippen LogP contribution in [0, 0.1) is 0 Å². The van der Waals surface area contributed by atoms with E-state index in [0.717, 1.165) is 5.56 Å². The van der Waals surface area contributed by atoms with E-state index in [-0.39, 0.29) is 25.0 Å². The fourth-order valence-corrected chi connectivity index (χ4v) is 4.00. The molecule has 0 aliphatic carbocycles. The third kappa shape index (κ3) is 8.96. The van der Waals surface area contributed by atoms with Gasteiger partial charge in [0, 0.05) is 38.6 Å². The maximum absolute atomic E-state index is 13.6. The van der Waals surface area contributed by atoms with Gasteiger partial charge in [-0.3, -0.25) is 4.79 Å². The van der Waals surface area contributed by atoms with Crippen LogP contribution in [0.4, 0.5) is 10.5 Å². The van der Waals surface area contributed by atoms with Crippen molar-refractivity contribution in [3.8, 4) is 17.2 Å². The van der Waals surface area contributed by atoms with Crippen molar-refractivity contribution >= 4 is 17.6 Å². The van der Waals surface area contributed by atoms with Crippen LogP contribution in [0.1, 0.15) is 17.7 Å². The first-order chi connectivity index (χ1) is 19.0. The van der Waals surface area contributed by atoms with E-state index in [1.54, 1.807) is 69.9 Å². The van der Waals surface area contributed by atoms with Crippen LogP contribution in [0.15, 0.2) is 65.3 Å². The van der Waals surface area contributed by atoms with E-state index in [1.807, 2.05) is 24.3 Å². The molecule has 0 atom stereocenters. The number of rotatable bonds is 15. The third-order valence-electron chi connectivity index (χ3n) is 6.11. The number of anilines is 1. The Morgan fingerprint density at radius 2 is 1.69 bits per heavy atom. The number of nitrogens with one attached hydrogen (secondary N) is 1. The molecule has 0 radical (unpaired) electrons. The Morgan fingerprint density at radius 1 is 0.872 bits per heavy atom. The predicted molar refractivity (Wildman–Crippen MR) is 147 cm³/mol. The van der Waals surface area contributed by atoms with E-state index >= 15 is 0 Å². The largest absolute Gasteiger partial charge is 0.497 e. The summed E-state index contributed by atoms with van der Waals surface area (Å²) >= 11 is 0. The van der Waals surface area contributed by atoms with Gasteiger partial charge in [0.2, 0.25) is 5.91 Å². The molecule has 210 valence electrons. The van der Waals surface area contributed by atoms with E-state index in [2.05, 4.69) is 5.32 Å². The smallest absolute Gasteiger partial charge is 0.322 e. The van der Waals surface area contributed by atoms with Crippen molar-refractivity contribution in [1.82, 2.24) is 9.80 Å². The molecule has 3 aromatic rings. The molecule has 10 nitrogen and oxygen atoms in total. The fraction of sp³-hybridized carbons (Fsp3) is 0.379. The van der Waals surface area contributed by atoms with Crippen LogP contribution in [0.2, 0.25) is 0 Å². The number of carbonyl (C=O) groups excluding carboxylic acids is 2. The quantitative estimate of drug-likeness (QED) is 0.285. The molecule has 1 heterocycles. The minimum Gasteiger partial charge on any atom is -0.497 e. The highest BCUT2D eigenvalue weighted by atomic mass is 16.5. The minimum absolute atomic E-state index is 0.105. The summed E-state index contributed by atoms with van der Waals surface area (Å²) in [4.78, 5) is 30.0. The Bertz CT molecular complexity index is 1180. The highest BCUT2D eigenvalue weighted by molar-refractivity contribution is 5.92. The molecule has 0 fully saturated rings. The Kier molecular flexibility index (Phi) is 11.5. The van der Waals surface area contributed by atoms with E-state index in [0.29, 0.717) is 61.2 Å². The van der Waals surface area contributed by atoms with Crippen LogP contribution in [0.5, 0.6) is 17.2 Å². The fourth-order valence-electron chi connectivity index (χ4n) is 4.00. The number of methoxy groups -OCH3 is 4. The number of ether oxygens (including phenoxy) is 4. The molecule has 0 aliphatic rings. The number of furan rings is 1. The van der Waals surface area contributed by atoms with E-state index in [4.69, 9.17) is 23.4 Å². The van der Waals surface area contributed by atoms with Crippen LogP contribution >= 0.6 is 0 Å². The molecule has 0 saturated heterocycles. The summed E-state index contributed by atoms with van der Waals surface area (Å²) in [5.74, 6) is 2.33. The number of hydrogen-bond acceptors (Lipinski definition) is 7. The number of amides is 3. The highest BCUT2D eigenvalue weighted by Crippen LogP contribution is 2.28. The summed E-state index contributed by atoms with van der Waals surface area (Å²) in [6.07, 6.45) is 2.73. The highest BCUT2D eigenvalue weighted by Gasteiger charge is 2.22. The van der Waals surface area contributed by atoms with Crippen molar-refractivity contribution in [1.29, 1.82) is 0 Å². The first kappa shape index (κ1) is 29.4. The Morgan fingerprint density at radius 3 is 2.38 bits per heavy atom. The molecule has 3 amide bonds. The summed E-state index contributed by atoms with van der Waals surface area (Å²) in [6.45, 7) is 1.40. The van der Waals surface area contributed by atoms with Gasteiger partial charge in [-0.2, -0.15) is 0 Å². The lowest BCUT2D eigenvalue weighted by Crippen LogP contribution is -2.45. The summed E-state index contributed by atoms with van der Waals surface area (Å²) in [5, 5.41) is 2.87. The monoisotopic (exact) mass is 539 g/mol. The number of carbonyl (C=O) groups is 2. The van der Waals surface area contributed by atoms with Gasteiger partial charge in [-0.15, -0.1) is 0 Å². The van der Waals surface area contributed by atoms with Crippen molar-refractivity contribution in [3.05, 3.63) is 72.2 Å². The summed E-state index contributed by atoms with van der Waals surface area (Å²) in [7, 11) is 6.34. The number of benzene rings is 2. The van der Waals surface area contributed by atoms with Gasteiger partial charge >= 0.3 is 6.03 Å². The second kappa shape index (κ2) is 15.3. The predicted octanol–water partition coefficient (Wildman–Crippen LogP) is 4.45. The molecule has 2 aromatic carbocycles. The first-order valence-electron chi connectivity index (χ1n) is 12.7. The molecular weight excluding hydrogens is 502 g/mol. The van der Waals surface area contributed by atoms with Gasteiger partial charge < -0.3 is 38.5 Å². The van der Waals surface area contributed by atoms with Gasteiger partial charge in [0.1, 0.15) is 18.1 Å².